The number of hydrogen-bond acceptors (Lipinski definition) is 5. The first kappa shape index (κ1) is 20.4. The van der Waals surface area contributed by atoms with Gasteiger partial charge in [-0.05, 0) is 37.1 Å². The molecule has 3 rings (SSSR count). The molecule has 0 saturated heterocycles. The molecule has 3 N–H and O–H groups in total. The van der Waals surface area contributed by atoms with Gasteiger partial charge in [0.15, 0.2) is 0 Å². The average Bonchev–Trinajstić information content (AvgIpc) is 2.66. The Hall–Kier alpha value is -3.34. The quantitative estimate of drug-likeness (QED) is 0.500. The number of nitrogens with one attached hydrogen (secondary N) is 1. The number of benzene rings is 1. The van der Waals surface area contributed by atoms with E-state index in [1.807, 2.05) is 45.9 Å². The van der Waals surface area contributed by atoms with Crippen molar-refractivity contribution in [2.75, 3.05) is 6.54 Å². The summed E-state index contributed by atoms with van der Waals surface area (Å²) >= 11 is 0. The van der Waals surface area contributed by atoms with Gasteiger partial charge in [0, 0.05) is 34.8 Å². The third-order valence-electron chi connectivity index (χ3n) is 5.24. The van der Waals surface area contributed by atoms with Crippen molar-refractivity contribution in [3.05, 3.63) is 72.4 Å². The van der Waals surface area contributed by atoms with E-state index in [1.165, 1.54) is 0 Å². The molecule has 150 valence electrons. The molecule has 1 aromatic carbocycles. The predicted octanol–water partition coefficient (Wildman–Crippen LogP) is 5.28. The van der Waals surface area contributed by atoms with Gasteiger partial charge in [-0.25, -0.2) is 0 Å². The van der Waals surface area contributed by atoms with Crippen molar-refractivity contribution in [2.24, 2.45) is 5.41 Å². The number of fused-ring (bicyclic) bond motifs is 1. The summed E-state index contributed by atoms with van der Waals surface area (Å²) in [5.41, 5.74) is 5.07. The second-order valence-corrected chi connectivity index (χ2v) is 8.02. The highest BCUT2D eigenvalue weighted by Gasteiger charge is 2.22. The number of aliphatic hydroxyl groups excluding tert-OH is 1. The Morgan fingerprint density at radius 2 is 1.83 bits per heavy atom. The Kier molecular flexibility index (Phi) is 5.33. The van der Waals surface area contributed by atoms with Crippen molar-refractivity contribution >= 4 is 16.6 Å². The van der Waals surface area contributed by atoms with Gasteiger partial charge in [-0.2, -0.15) is 0 Å². The number of pyridine rings is 2. The topological polar surface area (TPSA) is 78.3 Å². The predicted molar refractivity (Wildman–Crippen MR) is 119 cm³/mol. The van der Waals surface area contributed by atoms with Crippen molar-refractivity contribution in [1.29, 1.82) is 0 Å². The zero-order chi connectivity index (χ0) is 21.3. The van der Waals surface area contributed by atoms with Crippen molar-refractivity contribution in [1.82, 2.24) is 15.3 Å². The maximum Gasteiger partial charge on any atom is 0.143 e. The molecular formula is C24H27N3O2. The smallest absolute Gasteiger partial charge is 0.143 e. The molecule has 5 heteroatoms. The standard InChI is InChI=1S/C24H27N3O2/c1-14-7-8-18-9-10-20(15(2)22(18)27-14)19-11-21(29)23(25-12-19)16(3)26-13-24(5,6)17(4)28/h7-12,26,28-29H,3-4,13H2,1-2,5-6H3. The summed E-state index contributed by atoms with van der Waals surface area (Å²) in [4.78, 5) is 9.08. The summed E-state index contributed by atoms with van der Waals surface area (Å²) in [5.74, 6) is 0.123. The van der Waals surface area contributed by atoms with Crippen molar-refractivity contribution in [3.63, 3.8) is 0 Å². The molecule has 0 aliphatic heterocycles. The lowest BCUT2D eigenvalue weighted by molar-refractivity contribution is 0.259. The summed E-state index contributed by atoms with van der Waals surface area (Å²) in [5, 5.41) is 24.4. The number of aromatic hydroxyl groups is 1. The number of rotatable bonds is 6. The van der Waals surface area contributed by atoms with Crippen LogP contribution in [-0.4, -0.2) is 26.7 Å². The van der Waals surface area contributed by atoms with Gasteiger partial charge in [-0.1, -0.05) is 45.2 Å². The first-order chi connectivity index (χ1) is 13.6. The second-order valence-electron chi connectivity index (χ2n) is 8.02. The van der Waals surface area contributed by atoms with E-state index in [2.05, 4.69) is 34.5 Å². The Labute approximate surface area is 171 Å². The van der Waals surface area contributed by atoms with Crippen LogP contribution < -0.4 is 5.32 Å². The molecule has 29 heavy (non-hydrogen) atoms. The van der Waals surface area contributed by atoms with E-state index >= 15 is 0 Å². The molecule has 0 saturated carbocycles. The van der Waals surface area contributed by atoms with Gasteiger partial charge in [0.25, 0.3) is 0 Å². The summed E-state index contributed by atoms with van der Waals surface area (Å²) in [6.07, 6.45) is 1.72. The normalized spacial score (nSPS) is 11.4. The van der Waals surface area contributed by atoms with Crippen LogP contribution in [0.2, 0.25) is 0 Å². The molecule has 2 aromatic heterocycles. The summed E-state index contributed by atoms with van der Waals surface area (Å²) in [6, 6.07) is 9.79. The third kappa shape index (κ3) is 4.09. The van der Waals surface area contributed by atoms with Gasteiger partial charge in [0.2, 0.25) is 0 Å². The summed E-state index contributed by atoms with van der Waals surface area (Å²) in [6.45, 7) is 15.7. The zero-order valence-electron chi connectivity index (χ0n) is 17.4. The molecule has 0 amide bonds. The van der Waals surface area contributed by atoms with Crippen molar-refractivity contribution in [3.8, 4) is 16.9 Å². The van der Waals surface area contributed by atoms with E-state index in [-0.39, 0.29) is 11.5 Å². The van der Waals surface area contributed by atoms with E-state index < -0.39 is 5.41 Å². The van der Waals surface area contributed by atoms with Crippen LogP contribution >= 0.6 is 0 Å². The van der Waals surface area contributed by atoms with E-state index in [1.54, 1.807) is 12.3 Å². The monoisotopic (exact) mass is 389 g/mol. The Balaban J connectivity index is 1.90. The van der Waals surface area contributed by atoms with E-state index in [4.69, 9.17) is 0 Å². The molecule has 0 aliphatic carbocycles. The van der Waals surface area contributed by atoms with Crippen LogP contribution in [0.1, 0.15) is 30.8 Å². The summed E-state index contributed by atoms with van der Waals surface area (Å²) in [7, 11) is 0. The Bertz CT molecular complexity index is 1120. The fraction of sp³-hybridized carbons (Fsp3) is 0.250. The lowest BCUT2D eigenvalue weighted by Crippen LogP contribution is -2.29. The molecule has 0 fully saturated rings. The van der Waals surface area contributed by atoms with E-state index in [0.717, 1.165) is 33.3 Å². The number of aliphatic hydroxyl groups is 1. The van der Waals surface area contributed by atoms with Crippen LogP contribution in [0, 0.1) is 19.3 Å². The minimum Gasteiger partial charge on any atom is -0.512 e. The first-order valence-corrected chi connectivity index (χ1v) is 9.48. The van der Waals surface area contributed by atoms with Crippen molar-refractivity contribution < 1.29 is 10.2 Å². The molecule has 2 heterocycles. The molecule has 5 nitrogen and oxygen atoms in total. The molecular weight excluding hydrogens is 362 g/mol. The SMILES string of the molecule is C=C(NCC(C)(C)C(=C)O)c1ncc(-c2ccc3ccc(C)nc3c2C)cc1O. The van der Waals surface area contributed by atoms with E-state index in [9.17, 15) is 10.2 Å². The number of aromatic nitrogens is 2. The molecule has 3 aromatic rings. The number of nitrogens with zero attached hydrogens (tertiary/aromatic N) is 2. The first-order valence-electron chi connectivity index (χ1n) is 9.48. The van der Waals surface area contributed by atoms with Gasteiger partial charge in [-0.15, -0.1) is 0 Å². The zero-order valence-corrected chi connectivity index (χ0v) is 17.4. The maximum absolute atomic E-state index is 10.6. The highest BCUT2D eigenvalue weighted by atomic mass is 16.3. The minimum absolute atomic E-state index is 0.0392. The molecule has 0 unspecified atom stereocenters. The van der Waals surface area contributed by atoms with Gasteiger partial charge in [0.05, 0.1) is 17.0 Å². The van der Waals surface area contributed by atoms with E-state index in [0.29, 0.717) is 17.9 Å². The van der Waals surface area contributed by atoms with Crippen LogP contribution in [0.3, 0.4) is 0 Å². The highest BCUT2D eigenvalue weighted by molar-refractivity contribution is 5.89. The number of hydrogen-bond donors (Lipinski definition) is 3. The molecule has 0 aliphatic rings. The van der Waals surface area contributed by atoms with Gasteiger partial charge >= 0.3 is 0 Å². The minimum atomic E-state index is -0.522. The van der Waals surface area contributed by atoms with Gasteiger partial charge in [-0.3, -0.25) is 9.97 Å². The van der Waals surface area contributed by atoms with Crippen LogP contribution in [0.5, 0.6) is 5.75 Å². The third-order valence-corrected chi connectivity index (χ3v) is 5.24. The Morgan fingerprint density at radius 3 is 2.48 bits per heavy atom. The molecule has 0 bridgehead atoms. The number of aryl methyl sites for hydroxylation is 2. The maximum atomic E-state index is 10.6. The molecule has 0 atom stereocenters. The van der Waals surface area contributed by atoms with Crippen LogP contribution in [0.4, 0.5) is 0 Å². The highest BCUT2D eigenvalue weighted by Crippen LogP contribution is 2.32. The fourth-order valence-electron chi connectivity index (χ4n) is 3.09. The van der Waals surface area contributed by atoms with Gasteiger partial charge in [0.1, 0.15) is 11.4 Å². The van der Waals surface area contributed by atoms with Crippen LogP contribution in [-0.2, 0) is 0 Å². The Morgan fingerprint density at radius 1 is 1.14 bits per heavy atom. The van der Waals surface area contributed by atoms with Crippen molar-refractivity contribution in [2.45, 2.75) is 27.7 Å². The lowest BCUT2D eigenvalue weighted by Gasteiger charge is -2.24. The van der Waals surface area contributed by atoms with Crippen LogP contribution in [0.25, 0.3) is 27.7 Å². The fourth-order valence-corrected chi connectivity index (χ4v) is 3.09. The van der Waals surface area contributed by atoms with Gasteiger partial charge < -0.3 is 15.5 Å². The summed E-state index contributed by atoms with van der Waals surface area (Å²) < 4.78 is 0. The second kappa shape index (κ2) is 7.59. The van der Waals surface area contributed by atoms with Crippen LogP contribution in [0.15, 0.2) is 55.4 Å². The molecule has 0 spiro atoms. The lowest BCUT2D eigenvalue weighted by atomic mass is 9.91. The largest absolute Gasteiger partial charge is 0.512 e. The molecule has 0 radical (unpaired) electrons. The average molecular weight is 389 g/mol.